The molecule has 0 N–H and O–H groups in total. The van der Waals surface area contributed by atoms with Gasteiger partial charge in [0.2, 0.25) is 0 Å². The number of nitrogens with zero attached hydrogens (tertiary/aromatic N) is 1. The molecule has 108 valence electrons. The van der Waals surface area contributed by atoms with Gasteiger partial charge >= 0.3 is 0 Å². The quantitative estimate of drug-likeness (QED) is 0.738. The molecule has 1 aliphatic carbocycles. The number of hydrogen-bond acceptors (Lipinski definition) is 3. The van der Waals surface area contributed by atoms with E-state index < -0.39 is 0 Å². The van der Waals surface area contributed by atoms with E-state index in [4.69, 9.17) is 14.7 Å². The van der Waals surface area contributed by atoms with Crippen LogP contribution in [0.2, 0.25) is 0 Å². The van der Waals surface area contributed by atoms with Gasteiger partial charge in [-0.25, -0.2) is 0 Å². The van der Waals surface area contributed by atoms with Crippen LogP contribution in [0.15, 0.2) is 24.3 Å². The molecule has 1 fully saturated rings. The highest BCUT2D eigenvalue weighted by Gasteiger charge is 2.20. The molecular weight excluding hydrogens is 250 g/mol. The first-order valence-corrected chi connectivity index (χ1v) is 7.57. The zero-order valence-corrected chi connectivity index (χ0v) is 12.2. The Bertz CT molecular complexity index is 453. The van der Waals surface area contributed by atoms with E-state index in [-0.39, 0.29) is 0 Å². The zero-order chi connectivity index (χ0) is 14.2. The van der Waals surface area contributed by atoms with Crippen molar-refractivity contribution in [2.45, 2.75) is 45.1 Å². The van der Waals surface area contributed by atoms with Crippen LogP contribution in [0.5, 0.6) is 5.75 Å². The van der Waals surface area contributed by atoms with Crippen molar-refractivity contribution in [2.24, 2.45) is 5.92 Å². The van der Waals surface area contributed by atoms with Crippen molar-refractivity contribution in [1.82, 2.24) is 0 Å². The Hall–Kier alpha value is -1.53. The number of ether oxygens (including phenoxy) is 2. The average Bonchev–Trinajstić information content (AvgIpc) is 2.52. The predicted molar refractivity (Wildman–Crippen MR) is 78.6 cm³/mol. The van der Waals surface area contributed by atoms with Crippen molar-refractivity contribution < 1.29 is 9.47 Å². The van der Waals surface area contributed by atoms with Crippen LogP contribution in [-0.4, -0.2) is 19.3 Å². The first-order chi connectivity index (χ1) is 9.83. The Morgan fingerprint density at radius 3 is 2.90 bits per heavy atom. The summed E-state index contributed by atoms with van der Waals surface area (Å²) in [5.41, 5.74) is 0.580. The summed E-state index contributed by atoms with van der Waals surface area (Å²) in [4.78, 5) is 0. The Balaban J connectivity index is 1.70. The maximum absolute atomic E-state index is 8.97. The number of hydrogen-bond donors (Lipinski definition) is 0. The molecule has 3 nitrogen and oxygen atoms in total. The largest absolute Gasteiger partial charge is 0.490 e. The molecule has 2 unspecified atom stereocenters. The summed E-state index contributed by atoms with van der Waals surface area (Å²) in [5, 5.41) is 8.97. The maximum Gasteiger partial charge on any atom is 0.137 e. The van der Waals surface area contributed by atoms with Crippen LogP contribution in [0.1, 0.15) is 44.6 Å². The van der Waals surface area contributed by atoms with Gasteiger partial charge in [-0.2, -0.15) is 5.26 Å². The standard InChI is InChI=1S/C17H23NO2/c1-2-14-6-5-8-16(12-14)19-10-11-20-17-9-4-3-7-15(17)13-18/h3-4,7,9,14,16H,2,5-6,8,10-12H2,1H3. The lowest BCUT2D eigenvalue weighted by atomic mass is 9.85. The van der Waals surface area contributed by atoms with E-state index in [0.29, 0.717) is 30.6 Å². The molecule has 3 heteroatoms. The Morgan fingerprint density at radius 1 is 1.25 bits per heavy atom. The van der Waals surface area contributed by atoms with E-state index in [2.05, 4.69) is 13.0 Å². The summed E-state index contributed by atoms with van der Waals surface area (Å²) < 4.78 is 11.5. The summed E-state index contributed by atoms with van der Waals surface area (Å²) in [6, 6.07) is 9.45. The summed E-state index contributed by atoms with van der Waals surface area (Å²) >= 11 is 0. The monoisotopic (exact) mass is 273 g/mol. The minimum Gasteiger partial charge on any atom is -0.490 e. The van der Waals surface area contributed by atoms with E-state index in [9.17, 15) is 0 Å². The first kappa shape index (κ1) is 14.9. The Kier molecular flexibility index (Phi) is 5.88. The van der Waals surface area contributed by atoms with Crippen LogP contribution >= 0.6 is 0 Å². The van der Waals surface area contributed by atoms with Crippen molar-refractivity contribution >= 4 is 0 Å². The van der Waals surface area contributed by atoms with Gasteiger partial charge in [-0.15, -0.1) is 0 Å². The van der Waals surface area contributed by atoms with Crippen LogP contribution in [0.25, 0.3) is 0 Å². The van der Waals surface area contributed by atoms with Crippen LogP contribution in [0, 0.1) is 17.2 Å². The third kappa shape index (κ3) is 4.25. The molecule has 0 saturated heterocycles. The number of benzene rings is 1. The Labute approximate surface area is 121 Å². The highest BCUT2D eigenvalue weighted by molar-refractivity contribution is 5.42. The topological polar surface area (TPSA) is 42.2 Å². The van der Waals surface area contributed by atoms with Crippen molar-refractivity contribution in [3.8, 4) is 11.8 Å². The second kappa shape index (κ2) is 7.91. The molecule has 2 rings (SSSR count). The Morgan fingerprint density at radius 2 is 2.10 bits per heavy atom. The van der Waals surface area contributed by atoms with Crippen molar-refractivity contribution in [1.29, 1.82) is 5.26 Å². The van der Waals surface area contributed by atoms with Crippen LogP contribution < -0.4 is 4.74 Å². The molecule has 0 aliphatic heterocycles. The van der Waals surface area contributed by atoms with E-state index in [0.717, 1.165) is 5.92 Å². The minimum absolute atomic E-state index is 0.392. The van der Waals surface area contributed by atoms with Crippen molar-refractivity contribution in [3.63, 3.8) is 0 Å². The fraction of sp³-hybridized carbons (Fsp3) is 0.588. The second-order valence-corrected chi connectivity index (χ2v) is 5.39. The first-order valence-electron chi connectivity index (χ1n) is 7.57. The van der Waals surface area contributed by atoms with Gasteiger partial charge in [0, 0.05) is 0 Å². The van der Waals surface area contributed by atoms with Gasteiger partial charge in [-0.05, 0) is 30.9 Å². The highest BCUT2D eigenvalue weighted by atomic mass is 16.5. The molecule has 0 bridgehead atoms. The van der Waals surface area contributed by atoms with Crippen LogP contribution in [0.4, 0.5) is 0 Å². The van der Waals surface area contributed by atoms with Gasteiger partial charge in [0.25, 0.3) is 0 Å². The van der Waals surface area contributed by atoms with Gasteiger partial charge in [0.15, 0.2) is 0 Å². The van der Waals surface area contributed by atoms with E-state index in [1.807, 2.05) is 18.2 Å². The molecule has 1 aromatic rings. The SMILES string of the molecule is CCC1CCCC(OCCOc2ccccc2C#N)C1. The van der Waals surface area contributed by atoms with E-state index >= 15 is 0 Å². The zero-order valence-electron chi connectivity index (χ0n) is 12.2. The molecule has 0 heterocycles. The molecular formula is C17H23NO2. The molecule has 0 amide bonds. The molecule has 1 aromatic carbocycles. The van der Waals surface area contributed by atoms with E-state index in [1.54, 1.807) is 6.07 Å². The van der Waals surface area contributed by atoms with Gasteiger partial charge in [0.05, 0.1) is 18.3 Å². The summed E-state index contributed by atoms with van der Waals surface area (Å²) in [7, 11) is 0. The lowest BCUT2D eigenvalue weighted by Gasteiger charge is -2.28. The van der Waals surface area contributed by atoms with Gasteiger partial charge in [0.1, 0.15) is 18.4 Å². The lowest BCUT2D eigenvalue weighted by Crippen LogP contribution is -2.24. The predicted octanol–water partition coefficient (Wildman–Crippen LogP) is 3.92. The maximum atomic E-state index is 8.97. The van der Waals surface area contributed by atoms with Crippen LogP contribution in [0.3, 0.4) is 0 Å². The summed E-state index contributed by atoms with van der Waals surface area (Å²) in [6.45, 7) is 3.36. The van der Waals surface area contributed by atoms with Gasteiger partial charge in [-0.3, -0.25) is 0 Å². The number of para-hydroxylation sites is 1. The smallest absolute Gasteiger partial charge is 0.137 e. The highest BCUT2D eigenvalue weighted by Crippen LogP contribution is 2.28. The van der Waals surface area contributed by atoms with E-state index in [1.165, 1.54) is 32.1 Å². The number of rotatable bonds is 6. The summed E-state index contributed by atoms with van der Waals surface area (Å²) in [5.74, 6) is 1.47. The van der Waals surface area contributed by atoms with Crippen molar-refractivity contribution in [3.05, 3.63) is 29.8 Å². The molecule has 1 saturated carbocycles. The van der Waals surface area contributed by atoms with Gasteiger partial charge < -0.3 is 9.47 Å². The third-order valence-corrected chi connectivity index (χ3v) is 4.01. The number of nitriles is 1. The van der Waals surface area contributed by atoms with Crippen LogP contribution in [-0.2, 0) is 4.74 Å². The molecule has 0 radical (unpaired) electrons. The lowest BCUT2D eigenvalue weighted by molar-refractivity contribution is -0.000688. The second-order valence-electron chi connectivity index (χ2n) is 5.39. The van der Waals surface area contributed by atoms with Gasteiger partial charge in [-0.1, -0.05) is 38.3 Å². The minimum atomic E-state index is 0.392. The fourth-order valence-corrected chi connectivity index (χ4v) is 2.82. The third-order valence-electron chi connectivity index (χ3n) is 4.01. The molecule has 1 aliphatic rings. The normalized spacial score (nSPS) is 22.2. The summed E-state index contributed by atoms with van der Waals surface area (Å²) in [6.07, 6.45) is 6.63. The molecule has 20 heavy (non-hydrogen) atoms. The molecule has 2 atom stereocenters. The molecule has 0 spiro atoms. The average molecular weight is 273 g/mol. The molecule has 0 aromatic heterocycles. The fourth-order valence-electron chi connectivity index (χ4n) is 2.82. The van der Waals surface area contributed by atoms with Crippen molar-refractivity contribution in [2.75, 3.05) is 13.2 Å².